The van der Waals surface area contributed by atoms with Gasteiger partial charge in [0.25, 0.3) is 0 Å². The maximum atomic E-state index is 13.5. The summed E-state index contributed by atoms with van der Waals surface area (Å²) in [5, 5.41) is 0. The summed E-state index contributed by atoms with van der Waals surface area (Å²) >= 11 is 0. The number of methoxy groups -OCH3 is 1. The lowest BCUT2D eigenvalue weighted by Crippen LogP contribution is -2.42. The predicted octanol–water partition coefficient (Wildman–Crippen LogP) is 1.91. The topological polar surface area (TPSA) is 84.0 Å². The zero-order valence-corrected chi connectivity index (χ0v) is 18.9. The lowest BCUT2D eigenvalue weighted by atomic mass is 10.2. The van der Waals surface area contributed by atoms with Crippen molar-refractivity contribution in [3.63, 3.8) is 0 Å². The molecule has 0 aromatic heterocycles. The monoisotopic (exact) mass is 432 g/mol. The van der Waals surface area contributed by atoms with Gasteiger partial charge < -0.3 is 9.64 Å². The second-order valence-corrected chi connectivity index (χ2v) is 11.3. The molecule has 1 aromatic rings. The quantitative estimate of drug-likeness (QED) is 0.562. The molecule has 9 heteroatoms. The van der Waals surface area contributed by atoms with Crippen LogP contribution in [0.5, 0.6) is 5.75 Å². The zero-order chi connectivity index (χ0) is 20.9. The highest BCUT2D eigenvalue weighted by Gasteiger charge is 2.39. The molecule has 0 unspecified atom stereocenters. The van der Waals surface area contributed by atoms with E-state index in [2.05, 4.69) is 18.7 Å². The van der Waals surface area contributed by atoms with Crippen molar-refractivity contribution in [3.05, 3.63) is 23.8 Å². The predicted molar refractivity (Wildman–Crippen MR) is 111 cm³/mol. The van der Waals surface area contributed by atoms with Crippen LogP contribution in [-0.4, -0.2) is 76.9 Å². The molecule has 0 radical (unpaired) electrons. The molecule has 7 nitrogen and oxygen atoms in total. The Balaban J connectivity index is 2.35. The molecule has 28 heavy (non-hydrogen) atoms. The SMILES string of the molecule is CCN(CC)CCCN([C@@H]1CCS(=O)(=O)C1)S(=O)(=O)c1cc(C)ccc1OC. The summed E-state index contributed by atoms with van der Waals surface area (Å²) in [6.45, 7) is 8.81. The minimum atomic E-state index is -3.89. The highest BCUT2D eigenvalue weighted by molar-refractivity contribution is 7.92. The van der Waals surface area contributed by atoms with Gasteiger partial charge in [0, 0.05) is 12.6 Å². The third kappa shape index (κ3) is 5.46. The summed E-state index contributed by atoms with van der Waals surface area (Å²) in [5.74, 6) is 0.191. The van der Waals surface area contributed by atoms with Crippen LogP contribution in [0.4, 0.5) is 0 Å². The minimum Gasteiger partial charge on any atom is -0.495 e. The van der Waals surface area contributed by atoms with Crippen LogP contribution in [0.1, 0.15) is 32.3 Å². The van der Waals surface area contributed by atoms with E-state index in [1.807, 2.05) is 6.92 Å². The van der Waals surface area contributed by atoms with Crippen molar-refractivity contribution in [3.8, 4) is 5.75 Å². The van der Waals surface area contributed by atoms with Crippen molar-refractivity contribution in [2.24, 2.45) is 0 Å². The van der Waals surface area contributed by atoms with Gasteiger partial charge in [0.15, 0.2) is 9.84 Å². The van der Waals surface area contributed by atoms with E-state index in [0.717, 1.165) is 25.2 Å². The number of hydrogen-bond acceptors (Lipinski definition) is 6. The highest BCUT2D eigenvalue weighted by Crippen LogP contribution is 2.31. The third-order valence-electron chi connectivity index (χ3n) is 5.27. The molecular weight excluding hydrogens is 400 g/mol. The van der Waals surface area contributed by atoms with E-state index in [4.69, 9.17) is 4.74 Å². The number of rotatable bonds is 10. The largest absolute Gasteiger partial charge is 0.495 e. The van der Waals surface area contributed by atoms with Crippen molar-refractivity contribution < 1.29 is 21.6 Å². The van der Waals surface area contributed by atoms with Gasteiger partial charge in [-0.25, -0.2) is 16.8 Å². The molecule has 1 aliphatic heterocycles. The van der Waals surface area contributed by atoms with E-state index >= 15 is 0 Å². The first-order valence-corrected chi connectivity index (χ1v) is 13.0. The van der Waals surface area contributed by atoms with Gasteiger partial charge in [-0.1, -0.05) is 19.9 Å². The summed E-state index contributed by atoms with van der Waals surface area (Å²) in [5.41, 5.74) is 0.807. The van der Waals surface area contributed by atoms with Gasteiger partial charge in [-0.3, -0.25) is 0 Å². The molecule has 0 spiro atoms. The Hall–Kier alpha value is -1.16. The maximum absolute atomic E-state index is 13.5. The number of sulfonamides is 1. The normalized spacial score (nSPS) is 19.4. The van der Waals surface area contributed by atoms with Gasteiger partial charge >= 0.3 is 0 Å². The number of nitrogens with zero attached hydrogens (tertiary/aromatic N) is 2. The average Bonchev–Trinajstić information content (AvgIpc) is 3.01. The molecule has 0 amide bonds. The molecule has 0 saturated carbocycles. The highest BCUT2D eigenvalue weighted by atomic mass is 32.2. The maximum Gasteiger partial charge on any atom is 0.247 e. The standard InChI is InChI=1S/C19H32N2O5S2/c1-5-20(6-2)11-7-12-21(17-10-13-27(22,23)15-17)28(24,25)19-14-16(3)8-9-18(19)26-4/h8-9,14,17H,5-7,10-13,15H2,1-4H3/t17-/m1/s1. The molecule has 1 fully saturated rings. The minimum absolute atomic E-state index is 0.0324. The molecule has 1 atom stereocenters. The number of benzene rings is 1. The molecule has 1 aliphatic rings. The fourth-order valence-corrected chi connectivity index (χ4v) is 7.36. The van der Waals surface area contributed by atoms with Crippen molar-refractivity contribution in [1.82, 2.24) is 9.21 Å². The molecule has 1 aromatic carbocycles. The molecule has 1 heterocycles. The number of sulfone groups is 1. The van der Waals surface area contributed by atoms with Crippen LogP contribution >= 0.6 is 0 Å². The van der Waals surface area contributed by atoms with Crippen LogP contribution in [0, 0.1) is 6.92 Å². The van der Waals surface area contributed by atoms with E-state index in [9.17, 15) is 16.8 Å². The third-order valence-corrected chi connectivity index (χ3v) is 8.99. The Labute approximate surface area is 169 Å². The molecule has 2 rings (SSSR count). The zero-order valence-electron chi connectivity index (χ0n) is 17.2. The fourth-order valence-electron chi connectivity index (χ4n) is 3.60. The molecule has 160 valence electrons. The van der Waals surface area contributed by atoms with Crippen LogP contribution in [0.25, 0.3) is 0 Å². The molecule has 1 saturated heterocycles. The summed E-state index contributed by atoms with van der Waals surface area (Å²) in [6.07, 6.45) is 0.979. The molecule has 0 N–H and O–H groups in total. The van der Waals surface area contributed by atoms with Crippen molar-refractivity contribution in [2.45, 2.75) is 44.6 Å². The summed E-state index contributed by atoms with van der Waals surface area (Å²) < 4.78 is 57.7. The van der Waals surface area contributed by atoms with Crippen molar-refractivity contribution in [2.75, 3.05) is 44.8 Å². The van der Waals surface area contributed by atoms with Crippen LogP contribution in [-0.2, 0) is 19.9 Å². The van der Waals surface area contributed by atoms with E-state index in [0.29, 0.717) is 12.8 Å². The first kappa shape index (κ1) is 23.1. The summed E-state index contributed by atoms with van der Waals surface area (Å²) in [7, 11) is -5.65. The van der Waals surface area contributed by atoms with E-state index in [1.165, 1.54) is 11.4 Å². The summed E-state index contributed by atoms with van der Waals surface area (Å²) in [4.78, 5) is 2.32. The second kappa shape index (κ2) is 9.56. The van der Waals surface area contributed by atoms with E-state index in [-0.39, 0.29) is 28.7 Å². The van der Waals surface area contributed by atoms with Gasteiger partial charge in [0.2, 0.25) is 10.0 Å². The van der Waals surface area contributed by atoms with E-state index in [1.54, 1.807) is 18.2 Å². The second-order valence-electron chi connectivity index (χ2n) is 7.21. The van der Waals surface area contributed by atoms with E-state index < -0.39 is 25.9 Å². The van der Waals surface area contributed by atoms with Crippen LogP contribution in [0.2, 0.25) is 0 Å². The molecule has 0 aliphatic carbocycles. The number of aryl methyl sites for hydroxylation is 1. The first-order valence-electron chi connectivity index (χ1n) is 9.73. The lowest BCUT2D eigenvalue weighted by molar-refractivity contribution is 0.269. The smallest absolute Gasteiger partial charge is 0.247 e. The van der Waals surface area contributed by atoms with Gasteiger partial charge in [0.1, 0.15) is 10.6 Å². The average molecular weight is 433 g/mol. The Morgan fingerprint density at radius 3 is 2.39 bits per heavy atom. The van der Waals surface area contributed by atoms with Crippen LogP contribution in [0.3, 0.4) is 0 Å². The fraction of sp³-hybridized carbons (Fsp3) is 0.684. The summed E-state index contributed by atoms with van der Waals surface area (Å²) in [6, 6.07) is 4.50. The van der Waals surface area contributed by atoms with Crippen LogP contribution in [0.15, 0.2) is 23.1 Å². The van der Waals surface area contributed by atoms with Crippen LogP contribution < -0.4 is 4.74 Å². The van der Waals surface area contributed by atoms with Crippen molar-refractivity contribution in [1.29, 1.82) is 0 Å². The van der Waals surface area contributed by atoms with Gasteiger partial charge in [-0.15, -0.1) is 0 Å². The number of ether oxygens (including phenoxy) is 1. The first-order chi connectivity index (χ1) is 13.1. The molecular formula is C19H32N2O5S2. The Bertz CT molecular complexity index is 864. The Kier molecular flexibility index (Phi) is 7.89. The van der Waals surface area contributed by atoms with Gasteiger partial charge in [0.05, 0.1) is 18.6 Å². The Morgan fingerprint density at radius 2 is 1.86 bits per heavy atom. The Morgan fingerprint density at radius 1 is 1.18 bits per heavy atom. The lowest BCUT2D eigenvalue weighted by Gasteiger charge is -2.29. The van der Waals surface area contributed by atoms with Crippen molar-refractivity contribution >= 4 is 19.9 Å². The van der Waals surface area contributed by atoms with Gasteiger partial charge in [-0.05, 0) is 57.1 Å². The number of hydrogen-bond donors (Lipinski definition) is 0. The van der Waals surface area contributed by atoms with Gasteiger partial charge in [-0.2, -0.15) is 4.31 Å². The molecule has 0 bridgehead atoms.